The maximum absolute atomic E-state index is 14.5. The van der Waals surface area contributed by atoms with E-state index in [2.05, 4.69) is 10.1 Å². The zero-order chi connectivity index (χ0) is 29.5. The van der Waals surface area contributed by atoms with E-state index in [-0.39, 0.29) is 45.5 Å². The molecule has 0 N–H and O–H groups in total. The lowest BCUT2D eigenvalue weighted by molar-refractivity contribution is 0.489. The number of halogens is 4. The Morgan fingerprint density at radius 2 is 1.73 bits per heavy atom. The Bertz CT molecular complexity index is 1920. The number of benzene rings is 1. The van der Waals surface area contributed by atoms with Crippen LogP contribution in [0.1, 0.15) is 26.7 Å². The summed E-state index contributed by atoms with van der Waals surface area (Å²) in [5, 5.41) is 3.77. The van der Waals surface area contributed by atoms with Crippen molar-refractivity contribution in [3.05, 3.63) is 65.3 Å². The van der Waals surface area contributed by atoms with Crippen LogP contribution < -0.4 is 9.80 Å². The summed E-state index contributed by atoms with van der Waals surface area (Å²) in [5.41, 5.74) is -0.683. The number of anilines is 2. The summed E-state index contributed by atoms with van der Waals surface area (Å²) in [4.78, 5) is 7.15. The van der Waals surface area contributed by atoms with Crippen LogP contribution in [0.25, 0.3) is 10.9 Å². The van der Waals surface area contributed by atoms with Crippen LogP contribution >= 0.6 is 11.6 Å². The van der Waals surface area contributed by atoms with Gasteiger partial charge in [0.15, 0.2) is 17.5 Å². The van der Waals surface area contributed by atoms with E-state index < -0.39 is 48.3 Å². The topological polar surface area (TPSA) is 110 Å². The van der Waals surface area contributed by atoms with Crippen molar-refractivity contribution in [2.45, 2.75) is 42.4 Å². The van der Waals surface area contributed by atoms with Crippen molar-refractivity contribution >= 4 is 54.2 Å². The molecule has 2 fully saturated rings. The van der Waals surface area contributed by atoms with Gasteiger partial charge < -0.3 is 9.80 Å². The van der Waals surface area contributed by atoms with Gasteiger partial charge in [-0.15, -0.1) is 5.10 Å². The monoisotopic (exact) mass is 628 g/mol. The van der Waals surface area contributed by atoms with E-state index in [4.69, 9.17) is 11.6 Å². The zero-order valence-electron chi connectivity index (χ0n) is 21.8. The molecule has 1 aliphatic heterocycles. The number of rotatable bonds is 6. The van der Waals surface area contributed by atoms with E-state index in [1.54, 1.807) is 4.90 Å². The van der Waals surface area contributed by atoms with Crippen molar-refractivity contribution in [2.24, 2.45) is 0 Å². The smallest absolute Gasteiger partial charge is 0.285 e. The molecule has 0 atom stereocenters. The van der Waals surface area contributed by atoms with Crippen LogP contribution in [-0.4, -0.2) is 65.4 Å². The molecule has 16 heteroatoms. The Kier molecular flexibility index (Phi) is 6.36. The molecule has 4 heterocycles. The van der Waals surface area contributed by atoms with Gasteiger partial charge in [0.2, 0.25) is 10.0 Å². The van der Waals surface area contributed by atoms with Gasteiger partial charge in [0.1, 0.15) is 16.5 Å². The fraction of sp³-hybridized carbons (Fsp3) is 0.360. The third kappa shape index (κ3) is 4.45. The molecule has 6 rings (SSSR count). The molecular formula is C25H24ClF3N6O4S2. The van der Waals surface area contributed by atoms with Gasteiger partial charge in [0.05, 0.1) is 32.9 Å². The Balaban J connectivity index is 1.44. The molecule has 0 unspecified atom stereocenters. The summed E-state index contributed by atoms with van der Waals surface area (Å²) in [5.74, 6) is -2.15. The molecule has 1 saturated heterocycles. The molecule has 41 heavy (non-hydrogen) atoms. The quantitative estimate of drug-likeness (QED) is 0.315. The van der Waals surface area contributed by atoms with Gasteiger partial charge in [-0.25, -0.2) is 26.6 Å². The highest BCUT2D eigenvalue weighted by molar-refractivity contribution is 7.91. The number of nitrogens with zero attached hydrogens (tertiary/aromatic N) is 6. The summed E-state index contributed by atoms with van der Waals surface area (Å²) >= 11 is 6.46. The van der Waals surface area contributed by atoms with E-state index >= 15 is 0 Å². The third-order valence-corrected chi connectivity index (χ3v) is 11.4. The minimum absolute atomic E-state index is 0.0104. The SMILES string of the molecule is CC(C)S(=O)(=O)n1ccc(S(=O)(=O)n2nc(N3CCN(c4ncc(F)cc4F)CC34CC4)c3c(Cl)cc(F)cc32)c1. The predicted octanol–water partition coefficient (Wildman–Crippen LogP) is 3.99. The number of piperazine rings is 1. The highest BCUT2D eigenvalue weighted by Crippen LogP contribution is 2.49. The largest absolute Gasteiger partial charge is 0.350 e. The molecule has 2 aliphatic rings. The van der Waals surface area contributed by atoms with Crippen molar-refractivity contribution in [2.75, 3.05) is 29.4 Å². The standard InChI is InChI=1S/C25H24ClF3N6O4S2/c1-15(2)40(36,37)33-6-3-18(13-33)41(38,39)35-21-11-16(27)9-19(26)22(21)24(31-35)34-8-7-32(14-25(34)4-5-25)23-20(29)10-17(28)12-30-23/h3,6,9-13,15H,4-5,7-8,14H2,1-2H3. The molecule has 0 amide bonds. The maximum atomic E-state index is 14.5. The van der Waals surface area contributed by atoms with Crippen LogP contribution in [-0.2, 0) is 20.0 Å². The number of aromatic nitrogens is 4. The lowest BCUT2D eigenvalue weighted by Gasteiger charge is -2.43. The summed E-state index contributed by atoms with van der Waals surface area (Å²) in [7, 11) is -8.33. The second-order valence-corrected chi connectivity index (χ2v) is 15.0. The van der Waals surface area contributed by atoms with Crippen LogP contribution in [0.5, 0.6) is 0 Å². The predicted molar refractivity (Wildman–Crippen MR) is 147 cm³/mol. The second-order valence-electron chi connectivity index (χ2n) is 10.5. The number of pyridine rings is 1. The molecule has 3 aromatic heterocycles. The summed E-state index contributed by atoms with van der Waals surface area (Å²) in [6.45, 7) is 3.76. The van der Waals surface area contributed by atoms with Crippen molar-refractivity contribution in [3.8, 4) is 0 Å². The van der Waals surface area contributed by atoms with Crippen LogP contribution in [0, 0.1) is 17.5 Å². The van der Waals surface area contributed by atoms with E-state index in [1.807, 2.05) is 4.90 Å². The second kappa shape index (κ2) is 9.36. The lowest BCUT2D eigenvalue weighted by atomic mass is 10.1. The van der Waals surface area contributed by atoms with Crippen LogP contribution in [0.3, 0.4) is 0 Å². The summed E-state index contributed by atoms with van der Waals surface area (Å²) < 4.78 is 96.7. The molecule has 1 saturated carbocycles. The van der Waals surface area contributed by atoms with Gasteiger partial charge in [-0.05, 0) is 38.8 Å². The lowest BCUT2D eigenvalue weighted by Crippen LogP contribution is -2.56. The van der Waals surface area contributed by atoms with Crippen molar-refractivity contribution in [3.63, 3.8) is 0 Å². The minimum Gasteiger partial charge on any atom is -0.350 e. The fourth-order valence-corrected chi connectivity index (χ4v) is 7.81. The van der Waals surface area contributed by atoms with E-state index in [1.165, 1.54) is 13.8 Å². The van der Waals surface area contributed by atoms with Gasteiger partial charge in [0.25, 0.3) is 10.0 Å². The van der Waals surface area contributed by atoms with Crippen LogP contribution in [0.2, 0.25) is 5.02 Å². The van der Waals surface area contributed by atoms with E-state index in [0.29, 0.717) is 23.5 Å². The number of hydrogen-bond acceptors (Lipinski definition) is 8. The van der Waals surface area contributed by atoms with Gasteiger partial charge in [0, 0.05) is 44.2 Å². The minimum atomic E-state index is -4.50. The Hall–Kier alpha value is -3.30. The molecule has 0 bridgehead atoms. The average molecular weight is 629 g/mol. The zero-order valence-corrected chi connectivity index (χ0v) is 24.2. The molecule has 1 aromatic carbocycles. The molecule has 0 radical (unpaired) electrons. The average Bonchev–Trinajstić information content (AvgIpc) is 3.29. The molecule has 4 aromatic rings. The van der Waals surface area contributed by atoms with Gasteiger partial charge >= 0.3 is 0 Å². The van der Waals surface area contributed by atoms with Gasteiger partial charge in [-0.3, -0.25) is 3.97 Å². The fourth-order valence-electron chi connectivity index (χ4n) is 5.21. The van der Waals surface area contributed by atoms with Crippen molar-refractivity contribution in [1.29, 1.82) is 0 Å². The first-order valence-corrected chi connectivity index (χ1v) is 16.0. The third-order valence-electron chi connectivity index (χ3n) is 7.53. The van der Waals surface area contributed by atoms with E-state index in [0.717, 1.165) is 46.8 Å². The Labute approximate surface area is 239 Å². The molecule has 218 valence electrons. The van der Waals surface area contributed by atoms with Crippen molar-refractivity contribution < 1.29 is 30.0 Å². The van der Waals surface area contributed by atoms with Crippen LogP contribution in [0.15, 0.2) is 47.8 Å². The highest BCUT2D eigenvalue weighted by atomic mass is 35.5. The first-order chi connectivity index (χ1) is 19.2. The number of fused-ring (bicyclic) bond motifs is 1. The Morgan fingerprint density at radius 1 is 1.00 bits per heavy atom. The summed E-state index contributed by atoms with van der Waals surface area (Å²) in [6, 6.07) is 3.97. The normalized spacial score (nSPS) is 17.2. The highest BCUT2D eigenvalue weighted by Gasteiger charge is 2.53. The molecule has 1 aliphatic carbocycles. The maximum Gasteiger partial charge on any atom is 0.285 e. The molecule has 1 spiro atoms. The Morgan fingerprint density at radius 3 is 2.39 bits per heavy atom. The number of hydrogen-bond donors (Lipinski definition) is 0. The molecular weight excluding hydrogens is 605 g/mol. The van der Waals surface area contributed by atoms with E-state index in [9.17, 15) is 30.0 Å². The summed E-state index contributed by atoms with van der Waals surface area (Å²) in [6.07, 6.45) is 4.39. The first kappa shape index (κ1) is 27.8. The first-order valence-electron chi connectivity index (χ1n) is 12.6. The van der Waals surface area contributed by atoms with Gasteiger partial charge in [-0.2, -0.15) is 12.5 Å². The van der Waals surface area contributed by atoms with Crippen molar-refractivity contribution in [1.82, 2.24) is 18.1 Å². The van der Waals surface area contributed by atoms with Gasteiger partial charge in [-0.1, -0.05) is 11.6 Å². The molecule has 10 nitrogen and oxygen atoms in total. The van der Waals surface area contributed by atoms with Crippen LogP contribution in [0.4, 0.5) is 24.8 Å².